The van der Waals surface area contributed by atoms with E-state index in [4.69, 9.17) is 5.53 Å². The first kappa shape index (κ1) is 7.60. The van der Waals surface area contributed by atoms with E-state index in [1.165, 1.54) is 0 Å². The lowest BCUT2D eigenvalue weighted by Crippen LogP contribution is -1.45. The van der Waals surface area contributed by atoms with E-state index in [1.54, 1.807) is 0 Å². The van der Waals surface area contributed by atoms with E-state index in [1.807, 2.05) is 5.16 Å². The highest BCUT2D eigenvalue weighted by Gasteiger charge is 1.60. The van der Waals surface area contributed by atoms with Gasteiger partial charge in [0.15, 0.2) is 0 Å². The van der Waals surface area contributed by atoms with Gasteiger partial charge in [0, 0.05) is 0 Å². The van der Waals surface area contributed by atoms with Crippen LogP contribution in [0.25, 0.3) is 0 Å². The highest BCUT2D eigenvalue weighted by molar-refractivity contribution is 7.78. The monoisotopic (exact) mass is 143 g/mol. The summed E-state index contributed by atoms with van der Waals surface area (Å²) >= 11 is 4.13. The Bertz CT molecular complexity index is 173. The summed E-state index contributed by atoms with van der Waals surface area (Å²) in [6, 6.07) is 0. The molecule has 0 atom stereocenters. The van der Waals surface area contributed by atoms with E-state index in [0.29, 0.717) is 0 Å². The van der Waals surface area contributed by atoms with Crippen molar-refractivity contribution in [3.05, 3.63) is 0 Å². The van der Waals surface area contributed by atoms with Crippen LogP contribution in [0.5, 0.6) is 0 Å². The van der Waals surface area contributed by atoms with E-state index in [0.717, 1.165) is 0 Å². The van der Waals surface area contributed by atoms with E-state index in [-0.39, 0.29) is 0 Å². The number of rotatable bonds is 3. The summed E-state index contributed by atoms with van der Waals surface area (Å²) in [4.78, 5) is 0. The molecule has 0 saturated carbocycles. The largest absolute Gasteiger partial charge is 0.183 e. The molecule has 0 aromatic carbocycles. The lowest BCUT2D eigenvalue weighted by atomic mass is 11.7. The summed E-state index contributed by atoms with van der Waals surface area (Å²) in [5.41, 5.74) is 6.08. The van der Waals surface area contributed by atoms with Gasteiger partial charge in [0.25, 0.3) is 0 Å². The van der Waals surface area contributed by atoms with Gasteiger partial charge in [0.1, 0.15) is 0 Å². The summed E-state index contributed by atoms with van der Waals surface area (Å²) in [6.07, 6.45) is 0. The van der Waals surface area contributed by atoms with E-state index in [9.17, 15) is 0 Å². The van der Waals surface area contributed by atoms with Gasteiger partial charge in [-0.25, -0.2) is 0 Å². The van der Waals surface area contributed by atoms with Gasteiger partial charge in [-0.3, -0.25) is 0 Å². The third-order valence-corrected chi connectivity index (χ3v) is 0.332. The second-order valence-corrected chi connectivity index (χ2v) is 0.832. The van der Waals surface area contributed by atoms with Crippen LogP contribution in [0.4, 0.5) is 0 Å². The molecule has 9 heavy (non-hydrogen) atoms. The lowest BCUT2D eigenvalue weighted by Gasteiger charge is -1.62. The summed E-state index contributed by atoms with van der Waals surface area (Å²) in [5, 5.41) is 19.0. The smallest absolute Gasteiger partial charge is 0.0890 e. The lowest BCUT2D eigenvalue weighted by molar-refractivity contribution is 0.808. The van der Waals surface area contributed by atoms with E-state index < -0.39 is 0 Å². The molecular weight excluding hydrogens is 142 g/mol. The number of hydrogen-bond acceptors (Lipinski definition) is 3. The van der Waals surface area contributed by atoms with E-state index in [2.05, 4.69) is 43.4 Å². The van der Waals surface area contributed by atoms with Crippen LogP contribution >= 0.6 is 12.2 Å². The Kier molecular flexibility index (Phi) is 5.57. The molecule has 8 heteroatoms. The molecule has 0 amide bonds. The molecular formula is CHN7S. The third-order valence-electron chi connectivity index (χ3n) is 0.250. The molecule has 0 radical (unpaired) electrons. The molecule has 0 aliphatic carbocycles. The minimum atomic E-state index is 1.91. The summed E-state index contributed by atoms with van der Waals surface area (Å²) in [7, 11) is 0. The molecule has 0 aliphatic rings. The average Bonchev–Trinajstić information content (AvgIpc) is 1.89. The maximum Gasteiger partial charge on any atom is 0.0890 e. The standard InChI is InChI=1S/CHN7S/c2-4-6-8-7-5-3-1-9/h2H/b4-2?,7-5+,8-6+. The SMILES string of the molecule is N=N/N=N/N=N/N=C=S. The van der Waals surface area contributed by atoms with Crippen LogP contribution in [0.1, 0.15) is 0 Å². The molecule has 0 aliphatic heterocycles. The first-order chi connectivity index (χ1) is 4.41. The minimum Gasteiger partial charge on any atom is -0.183 e. The third kappa shape index (κ3) is 6.60. The topological polar surface area (TPSA) is 98.0 Å². The molecule has 0 saturated heterocycles. The van der Waals surface area contributed by atoms with Crippen molar-refractivity contribution in [2.75, 3.05) is 0 Å². The highest BCUT2D eigenvalue weighted by atomic mass is 32.1. The molecule has 0 fully saturated rings. The molecule has 7 nitrogen and oxygen atoms in total. The number of hydrogen-bond donors (Lipinski definition) is 1. The van der Waals surface area contributed by atoms with Crippen LogP contribution in [0.15, 0.2) is 31.2 Å². The van der Waals surface area contributed by atoms with Crippen molar-refractivity contribution in [1.29, 1.82) is 5.53 Å². The number of isothiocyanates is 1. The first-order valence-corrected chi connectivity index (χ1v) is 2.06. The van der Waals surface area contributed by atoms with Crippen LogP contribution in [0, 0.1) is 5.53 Å². The van der Waals surface area contributed by atoms with Gasteiger partial charge in [-0.2, -0.15) is 5.53 Å². The zero-order valence-corrected chi connectivity index (χ0v) is 4.91. The van der Waals surface area contributed by atoms with Gasteiger partial charge in [-0.15, -0.1) is 0 Å². The Hall–Kier alpha value is -1.40. The number of nitrogens with one attached hydrogen (secondary N) is 1. The fourth-order valence-electron chi connectivity index (χ4n) is 0.0940. The zero-order valence-electron chi connectivity index (χ0n) is 4.09. The van der Waals surface area contributed by atoms with Crippen molar-refractivity contribution in [2.45, 2.75) is 0 Å². The first-order valence-electron chi connectivity index (χ1n) is 1.65. The predicted molar refractivity (Wildman–Crippen MR) is 29.9 cm³/mol. The van der Waals surface area contributed by atoms with Crippen LogP contribution in [-0.4, -0.2) is 5.16 Å². The molecule has 0 rings (SSSR count). The van der Waals surface area contributed by atoms with Gasteiger partial charge in [0.2, 0.25) is 0 Å². The molecule has 0 unspecified atom stereocenters. The predicted octanol–water partition coefficient (Wildman–Crippen LogP) is 1.77. The molecule has 1 N–H and O–H groups in total. The van der Waals surface area contributed by atoms with Crippen molar-refractivity contribution >= 4 is 17.4 Å². The van der Waals surface area contributed by atoms with E-state index >= 15 is 0 Å². The highest BCUT2D eigenvalue weighted by Crippen LogP contribution is 1.79. The van der Waals surface area contributed by atoms with Gasteiger partial charge >= 0.3 is 0 Å². The second-order valence-electron chi connectivity index (χ2n) is 0.649. The van der Waals surface area contributed by atoms with Crippen LogP contribution in [0.2, 0.25) is 0 Å². The molecule has 0 aromatic rings. The molecule has 0 bridgehead atoms. The maximum atomic E-state index is 6.08. The number of nitrogens with zero attached hydrogens (tertiary/aromatic N) is 6. The Morgan fingerprint density at radius 3 is 2.33 bits per heavy atom. The van der Waals surface area contributed by atoms with Crippen LogP contribution in [-0.2, 0) is 0 Å². The quantitative estimate of drug-likeness (QED) is 0.277. The second kappa shape index (κ2) is 6.60. The fraction of sp³-hybridized carbons (Fsp3) is 0. The van der Waals surface area contributed by atoms with Gasteiger partial charge < -0.3 is 0 Å². The van der Waals surface area contributed by atoms with Crippen molar-refractivity contribution in [1.82, 2.24) is 0 Å². The van der Waals surface area contributed by atoms with Crippen molar-refractivity contribution in [3.63, 3.8) is 0 Å². The minimum absolute atomic E-state index is 1.91. The Labute approximate surface area is 55.0 Å². The molecule has 0 heterocycles. The van der Waals surface area contributed by atoms with Gasteiger partial charge in [-0.05, 0) is 38.3 Å². The molecule has 0 spiro atoms. The van der Waals surface area contributed by atoms with Crippen molar-refractivity contribution in [2.24, 2.45) is 31.2 Å². The zero-order chi connectivity index (χ0) is 6.95. The van der Waals surface area contributed by atoms with Crippen LogP contribution in [0.3, 0.4) is 0 Å². The summed E-state index contributed by atoms with van der Waals surface area (Å²) in [6.45, 7) is 0. The Morgan fingerprint density at radius 1 is 1.11 bits per heavy atom. The maximum absolute atomic E-state index is 6.08. The van der Waals surface area contributed by atoms with Crippen LogP contribution < -0.4 is 0 Å². The Balaban J connectivity index is 3.58. The van der Waals surface area contributed by atoms with Crippen molar-refractivity contribution in [3.8, 4) is 0 Å². The summed E-state index contributed by atoms with van der Waals surface area (Å²) < 4.78 is 0. The summed E-state index contributed by atoms with van der Waals surface area (Å²) in [5.74, 6) is 0. The normalized spacial score (nSPS) is 9.78. The molecule has 46 valence electrons. The number of thiocarbonyl (C=S) groups is 1. The van der Waals surface area contributed by atoms with Gasteiger partial charge in [0.05, 0.1) is 5.16 Å². The molecule has 0 aromatic heterocycles. The average molecular weight is 143 g/mol. The van der Waals surface area contributed by atoms with Gasteiger partial charge in [-0.1, -0.05) is 5.10 Å². The fourth-order valence-corrected chi connectivity index (χ4v) is 0.131. The van der Waals surface area contributed by atoms with Crippen molar-refractivity contribution < 1.29 is 0 Å². The Morgan fingerprint density at radius 2 is 1.78 bits per heavy atom.